The van der Waals surface area contributed by atoms with Crippen LogP contribution in [0.15, 0.2) is 29.2 Å². The van der Waals surface area contributed by atoms with Crippen molar-refractivity contribution in [3.8, 4) is 0 Å². The molecule has 1 aromatic carbocycles. The zero-order valence-electron chi connectivity index (χ0n) is 15.6. The second-order valence-corrected chi connectivity index (χ2v) is 9.18. The Hall–Kier alpha value is -1.77. The molecule has 2 rings (SSSR count). The SMILES string of the molecule is CCCN(CCC)S(=O)(=O)c1ccc(C(=O)Nc2nc(C)c(C)s2)cc1. The summed E-state index contributed by atoms with van der Waals surface area (Å²) in [5.41, 5.74) is 1.28. The van der Waals surface area contributed by atoms with Gasteiger partial charge in [-0.25, -0.2) is 13.4 Å². The molecule has 0 saturated heterocycles. The Bertz CT molecular complexity index is 833. The molecule has 0 fully saturated rings. The number of carbonyl (C=O) groups excluding carboxylic acids is 1. The average Bonchev–Trinajstić information content (AvgIpc) is 2.92. The van der Waals surface area contributed by atoms with Gasteiger partial charge >= 0.3 is 0 Å². The highest BCUT2D eigenvalue weighted by molar-refractivity contribution is 7.89. The highest BCUT2D eigenvalue weighted by Gasteiger charge is 2.23. The molecular weight excluding hydrogens is 370 g/mol. The van der Waals surface area contributed by atoms with Gasteiger partial charge in [0.1, 0.15) is 0 Å². The first kappa shape index (κ1) is 20.5. The molecular formula is C18H25N3O3S2. The van der Waals surface area contributed by atoms with Gasteiger partial charge in [-0.05, 0) is 51.0 Å². The summed E-state index contributed by atoms with van der Waals surface area (Å²) >= 11 is 1.41. The molecule has 0 aliphatic carbocycles. The largest absolute Gasteiger partial charge is 0.298 e. The van der Waals surface area contributed by atoms with Crippen molar-refractivity contribution in [2.45, 2.75) is 45.4 Å². The van der Waals surface area contributed by atoms with Gasteiger partial charge in [-0.15, -0.1) is 11.3 Å². The predicted molar refractivity (Wildman–Crippen MR) is 105 cm³/mol. The van der Waals surface area contributed by atoms with Crippen molar-refractivity contribution in [2.24, 2.45) is 0 Å². The minimum absolute atomic E-state index is 0.205. The van der Waals surface area contributed by atoms with Crippen LogP contribution in [0.25, 0.3) is 0 Å². The first-order valence-corrected chi connectivity index (χ1v) is 10.9. The number of rotatable bonds is 8. The number of nitrogens with zero attached hydrogens (tertiary/aromatic N) is 2. The Kier molecular flexibility index (Phi) is 6.91. The highest BCUT2D eigenvalue weighted by atomic mass is 32.2. The molecule has 0 aliphatic rings. The molecule has 2 aromatic rings. The third-order valence-electron chi connectivity index (χ3n) is 3.95. The van der Waals surface area contributed by atoms with E-state index in [2.05, 4.69) is 10.3 Å². The van der Waals surface area contributed by atoms with E-state index >= 15 is 0 Å². The van der Waals surface area contributed by atoms with E-state index < -0.39 is 10.0 Å². The summed E-state index contributed by atoms with van der Waals surface area (Å²) in [4.78, 5) is 17.9. The first-order chi connectivity index (χ1) is 12.3. The molecule has 142 valence electrons. The van der Waals surface area contributed by atoms with E-state index in [1.165, 1.54) is 39.9 Å². The summed E-state index contributed by atoms with van der Waals surface area (Å²) in [5, 5.41) is 3.29. The van der Waals surface area contributed by atoms with E-state index in [9.17, 15) is 13.2 Å². The molecule has 1 N–H and O–H groups in total. The molecule has 8 heteroatoms. The molecule has 0 unspecified atom stereocenters. The van der Waals surface area contributed by atoms with Gasteiger partial charge in [-0.3, -0.25) is 10.1 Å². The number of amides is 1. The van der Waals surface area contributed by atoms with Gasteiger partial charge in [-0.1, -0.05) is 13.8 Å². The van der Waals surface area contributed by atoms with Crippen LogP contribution in [0.3, 0.4) is 0 Å². The summed E-state index contributed by atoms with van der Waals surface area (Å²) in [6, 6.07) is 6.04. The van der Waals surface area contributed by atoms with Crippen LogP contribution in [0.4, 0.5) is 5.13 Å². The van der Waals surface area contributed by atoms with Gasteiger partial charge in [0.05, 0.1) is 10.6 Å². The fourth-order valence-corrected chi connectivity index (χ4v) is 4.91. The maximum absolute atomic E-state index is 12.7. The monoisotopic (exact) mass is 395 g/mol. The second-order valence-electron chi connectivity index (χ2n) is 6.04. The van der Waals surface area contributed by atoms with Gasteiger partial charge < -0.3 is 0 Å². The molecule has 1 amide bonds. The average molecular weight is 396 g/mol. The molecule has 26 heavy (non-hydrogen) atoms. The zero-order chi connectivity index (χ0) is 19.3. The van der Waals surface area contributed by atoms with E-state index in [4.69, 9.17) is 0 Å². The second kappa shape index (κ2) is 8.75. The number of sulfonamides is 1. The fourth-order valence-electron chi connectivity index (χ4n) is 2.47. The lowest BCUT2D eigenvalue weighted by Gasteiger charge is -2.21. The lowest BCUT2D eigenvalue weighted by Crippen LogP contribution is -2.32. The van der Waals surface area contributed by atoms with Crippen molar-refractivity contribution >= 4 is 32.4 Å². The summed E-state index contributed by atoms with van der Waals surface area (Å²) in [7, 11) is -3.54. The summed E-state index contributed by atoms with van der Waals surface area (Å²) in [6.07, 6.45) is 1.51. The molecule has 0 bridgehead atoms. The van der Waals surface area contributed by atoms with Gasteiger partial charge in [0.15, 0.2) is 5.13 Å². The van der Waals surface area contributed by atoms with Crippen molar-refractivity contribution in [1.82, 2.24) is 9.29 Å². The highest BCUT2D eigenvalue weighted by Crippen LogP contribution is 2.22. The number of aryl methyl sites for hydroxylation is 2. The van der Waals surface area contributed by atoms with Crippen LogP contribution >= 0.6 is 11.3 Å². The number of nitrogens with one attached hydrogen (secondary N) is 1. The molecule has 0 radical (unpaired) electrons. The number of hydrogen-bond acceptors (Lipinski definition) is 5. The number of anilines is 1. The van der Waals surface area contributed by atoms with Crippen LogP contribution in [0.5, 0.6) is 0 Å². The number of hydrogen-bond donors (Lipinski definition) is 1. The number of carbonyl (C=O) groups is 1. The first-order valence-electron chi connectivity index (χ1n) is 8.65. The molecule has 1 heterocycles. The maximum atomic E-state index is 12.7. The number of benzene rings is 1. The Morgan fingerprint density at radius 2 is 1.69 bits per heavy atom. The van der Waals surface area contributed by atoms with Crippen molar-refractivity contribution in [3.05, 3.63) is 40.4 Å². The smallest absolute Gasteiger partial charge is 0.257 e. The summed E-state index contributed by atoms with van der Waals surface area (Å²) in [5.74, 6) is -0.304. The lowest BCUT2D eigenvalue weighted by molar-refractivity contribution is 0.102. The third kappa shape index (κ3) is 4.69. The Morgan fingerprint density at radius 3 is 2.15 bits per heavy atom. The van der Waals surface area contributed by atoms with Gasteiger partial charge in [0, 0.05) is 23.5 Å². The van der Waals surface area contributed by atoms with Crippen LogP contribution in [0.1, 0.15) is 47.6 Å². The van der Waals surface area contributed by atoms with Crippen molar-refractivity contribution < 1.29 is 13.2 Å². The quantitative estimate of drug-likeness (QED) is 0.737. The van der Waals surface area contributed by atoms with E-state index in [1.54, 1.807) is 0 Å². The summed E-state index contributed by atoms with van der Waals surface area (Å²) < 4.78 is 27.0. The van der Waals surface area contributed by atoms with Crippen molar-refractivity contribution in [3.63, 3.8) is 0 Å². The molecule has 0 saturated carbocycles. The number of aromatic nitrogens is 1. The van der Waals surface area contributed by atoms with Crippen LogP contribution in [0, 0.1) is 13.8 Å². The van der Waals surface area contributed by atoms with Gasteiger partial charge in [0.25, 0.3) is 5.91 Å². The fraction of sp³-hybridized carbons (Fsp3) is 0.444. The molecule has 0 atom stereocenters. The lowest BCUT2D eigenvalue weighted by atomic mass is 10.2. The molecule has 0 spiro atoms. The van der Waals surface area contributed by atoms with E-state index in [0.717, 1.165) is 23.4 Å². The molecule has 0 aliphatic heterocycles. The van der Waals surface area contributed by atoms with Crippen molar-refractivity contribution in [2.75, 3.05) is 18.4 Å². The zero-order valence-corrected chi connectivity index (χ0v) is 17.2. The van der Waals surface area contributed by atoms with Crippen LogP contribution in [0.2, 0.25) is 0 Å². The maximum Gasteiger partial charge on any atom is 0.257 e. The topological polar surface area (TPSA) is 79.4 Å². The summed E-state index contributed by atoms with van der Waals surface area (Å²) in [6.45, 7) is 8.71. The molecule has 6 nitrogen and oxygen atoms in total. The Balaban J connectivity index is 2.17. The minimum atomic E-state index is -3.54. The van der Waals surface area contributed by atoms with E-state index in [0.29, 0.717) is 23.8 Å². The van der Waals surface area contributed by atoms with Gasteiger partial charge in [0.2, 0.25) is 10.0 Å². The van der Waals surface area contributed by atoms with Crippen LogP contribution in [-0.4, -0.2) is 36.7 Å². The number of thiazole rings is 1. The standard InChI is InChI=1S/C18H25N3O3S2/c1-5-11-21(12-6-2)26(23,24)16-9-7-15(8-10-16)17(22)20-18-19-13(3)14(4)25-18/h7-10H,5-6,11-12H2,1-4H3,(H,19,20,22). The Labute approximate surface area is 159 Å². The predicted octanol–water partition coefficient (Wildman–Crippen LogP) is 3.82. The van der Waals surface area contributed by atoms with E-state index in [1.807, 2.05) is 27.7 Å². The van der Waals surface area contributed by atoms with Crippen LogP contribution < -0.4 is 5.32 Å². The van der Waals surface area contributed by atoms with Gasteiger partial charge in [-0.2, -0.15) is 4.31 Å². The van der Waals surface area contributed by atoms with E-state index in [-0.39, 0.29) is 10.8 Å². The Morgan fingerprint density at radius 1 is 1.12 bits per heavy atom. The van der Waals surface area contributed by atoms with Crippen molar-refractivity contribution in [1.29, 1.82) is 0 Å². The molecule has 1 aromatic heterocycles. The normalized spacial score (nSPS) is 11.7. The van der Waals surface area contributed by atoms with Crippen LogP contribution in [-0.2, 0) is 10.0 Å². The minimum Gasteiger partial charge on any atom is -0.298 e. The third-order valence-corrected chi connectivity index (χ3v) is 6.85.